The van der Waals surface area contributed by atoms with E-state index in [-0.39, 0.29) is 35.8 Å². The zero-order valence-electron chi connectivity index (χ0n) is 19.3. The van der Waals surface area contributed by atoms with Crippen molar-refractivity contribution >= 4 is 41.4 Å². The first-order valence-electron chi connectivity index (χ1n) is 11.5. The molecule has 2 aliphatic rings. The lowest BCUT2D eigenvalue weighted by atomic mass is 10.1. The predicted octanol–water partition coefficient (Wildman–Crippen LogP) is 3.51. The number of aromatic nitrogens is 1. The zero-order valence-corrected chi connectivity index (χ0v) is 21.7. The van der Waals surface area contributed by atoms with Crippen molar-refractivity contribution in [1.29, 1.82) is 0 Å². The first-order chi connectivity index (χ1) is 15.7. The minimum atomic E-state index is -0.268. The molecule has 0 aliphatic carbocycles. The van der Waals surface area contributed by atoms with Gasteiger partial charge in [-0.2, -0.15) is 0 Å². The van der Waals surface area contributed by atoms with Crippen LogP contribution in [0, 0.1) is 11.7 Å². The Labute approximate surface area is 212 Å². The van der Waals surface area contributed by atoms with Crippen LogP contribution in [0.25, 0.3) is 0 Å². The number of rotatable bonds is 7. The number of hydrogen-bond acceptors (Lipinski definition) is 5. The van der Waals surface area contributed by atoms with Crippen molar-refractivity contribution in [2.45, 2.75) is 25.8 Å². The number of nitrogens with one attached hydrogen (secondary N) is 2. The Kier molecular flexibility index (Phi) is 9.40. The molecule has 2 unspecified atom stereocenters. The standard InChI is InChI=1S/C24H33FN6O.HI/c1-3-26-24(29-19-10-13-31(17-19)23-22(25)8-5-11-27-23)28-15-18-9-12-30(16-18)20-6-4-7-21(14-20)32-2;/h4-8,11,14,18-19H,3,9-10,12-13,15-17H2,1-2H3,(H2,26,28,29);1H. The average molecular weight is 568 g/mol. The van der Waals surface area contributed by atoms with E-state index in [1.54, 1.807) is 19.4 Å². The highest BCUT2D eigenvalue weighted by Gasteiger charge is 2.27. The molecule has 7 nitrogen and oxygen atoms in total. The molecule has 3 heterocycles. The number of hydrogen-bond donors (Lipinski definition) is 2. The van der Waals surface area contributed by atoms with Gasteiger partial charge in [0.05, 0.1) is 7.11 Å². The Morgan fingerprint density at radius 3 is 2.82 bits per heavy atom. The molecule has 0 radical (unpaired) electrons. The number of anilines is 2. The Balaban J connectivity index is 0.00000306. The molecule has 2 fully saturated rings. The first-order valence-corrected chi connectivity index (χ1v) is 11.5. The molecule has 180 valence electrons. The van der Waals surface area contributed by atoms with Gasteiger partial charge in [-0.25, -0.2) is 9.37 Å². The number of ether oxygens (including phenoxy) is 1. The number of guanidine groups is 1. The van der Waals surface area contributed by atoms with E-state index in [9.17, 15) is 4.39 Å². The van der Waals surface area contributed by atoms with Crippen molar-refractivity contribution in [2.24, 2.45) is 10.9 Å². The number of methoxy groups -OCH3 is 1. The maximum Gasteiger partial charge on any atom is 0.191 e. The molecule has 0 spiro atoms. The third-order valence-corrected chi connectivity index (χ3v) is 6.12. The van der Waals surface area contributed by atoms with Gasteiger partial charge in [0.1, 0.15) is 5.75 Å². The summed E-state index contributed by atoms with van der Waals surface area (Å²) in [7, 11) is 1.70. The monoisotopic (exact) mass is 568 g/mol. The molecule has 2 N–H and O–H groups in total. The minimum Gasteiger partial charge on any atom is -0.497 e. The van der Waals surface area contributed by atoms with Gasteiger partial charge in [-0.1, -0.05) is 6.07 Å². The highest BCUT2D eigenvalue weighted by Crippen LogP contribution is 2.27. The van der Waals surface area contributed by atoms with Gasteiger partial charge in [-0.15, -0.1) is 24.0 Å². The van der Waals surface area contributed by atoms with E-state index in [1.807, 2.05) is 17.0 Å². The Morgan fingerprint density at radius 2 is 2.03 bits per heavy atom. The van der Waals surface area contributed by atoms with Gasteiger partial charge in [0.2, 0.25) is 0 Å². The van der Waals surface area contributed by atoms with Crippen molar-refractivity contribution < 1.29 is 9.13 Å². The van der Waals surface area contributed by atoms with Crippen LogP contribution in [-0.2, 0) is 0 Å². The minimum absolute atomic E-state index is 0. The quantitative estimate of drug-likeness (QED) is 0.303. The van der Waals surface area contributed by atoms with E-state index in [2.05, 4.69) is 39.6 Å². The molecule has 2 atom stereocenters. The third kappa shape index (κ3) is 6.61. The third-order valence-electron chi connectivity index (χ3n) is 6.12. The number of nitrogens with zero attached hydrogens (tertiary/aromatic N) is 4. The van der Waals surface area contributed by atoms with Gasteiger partial charge in [0.15, 0.2) is 17.6 Å². The second-order valence-electron chi connectivity index (χ2n) is 8.41. The van der Waals surface area contributed by atoms with Gasteiger partial charge in [-0.05, 0) is 49.9 Å². The van der Waals surface area contributed by atoms with E-state index in [0.717, 1.165) is 57.3 Å². The molecule has 0 bridgehead atoms. The van der Waals surface area contributed by atoms with Gasteiger partial charge in [0.25, 0.3) is 0 Å². The van der Waals surface area contributed by atoms with Crippen molar-refractivity contribution in [1.82, 2.24) is 15.6 Å². The fourth-order valence-corrected chi connectivity index (χ4v) is 4.44. The predicted molar refractivity (Wildman–Crippen MR) is 143 cm³/mol. The van der Waals surface area contributed by atoms with E-state index in [4.69, 9.17) is 9.73 Å². The lowest BCUT2D eigenvalue weighted by Gasteiger charge is -2.20. The van der Waals surface area contributed by atoms with Crippen LogP contribution in [-0.4, -0.2) is 63.4 Å². The highest BCUT2D eigenvalue weighted by atomic mass is 127. The highest BCUT2D eigenvalue weighted by molar-refractivity contribution is 14.0. The van der Waals surface area contributed by atoms with Gasteiger partial charge in [-0.3, -0.25) is 4.99 Å². The first kappa shape index (κ1) is 25.3. The molecule has 0 saturated carbocycles. The van der Waals surface area contributed by atoms with Crippen LogP contribution in [0.3, 0.4) is 0 Å². The molecule has 4 rings (SSSR count). The number of pyridine rings is 1. The molecule has 0 amide bonds. The number of aliphatic imine (C=N–C) groups is 1. The Bertz CT molecular complexity index is 929. The Hall–Kier alpha value is -2.30. The number of halogens is 2. The van der Waals surface area contributed by atoms with Crippen molar-refractivity contribution in [3.63, 3.8) is 0 Å². The maximum atomic E-state index is 14.1. The molecular formula is C24H34FIN6O. The summed E-state index contributed by atoms with van der Waals surface area (Å²) in [6.07, 6.45) is 3.69. The molecule has 33 heavy (non-hydrogen) atoms. The van der Waals surface area contributed by atoms with E-state index in [1.165, 1.54) is 11.8 Å². The van der Waals surface area contributed by atoms with Crippen LogP contribution in [0.2, 0.25) is 0 Å². The van der Waals surface area contributed by atoms with Crippen LogP contribution in [0.15, 0.2) is 47.6 Å². The molecule has 1 aromatic heterocycles. The molecule has 2 aliphatic heterocycles. The average Bonchev–Trinajstić information content (AvgIpc) is 3.48. The zero-order chi connectivity index (χ0) is 22.3. The summed E-state index contributed by atoms with van der Waals surface area (Å²) in [5.74, 6) is 2.40. The maximum absolute atomic E-state index is 14.1. The van der Waals surface area contributed by atoms with Crippen LogP contribution >= 0.6 is 24.0 Å². The van der Waals surface area contributed by atoms with Gasteiger partial charge >= 0.3 is 0 Å². The summed E-state index contributed by atoms with van der Waals surface area (Å²) in [4.78, 5) is 13.5. The fraction of sp³-hybridized carbons (Fsp3) is 0.500. The molecule has 2 aromatic rings. The lowest BCUT2D eigenvalue weighted by molar-refractivity contribution is 0.415. The fourth-order valence-electron chi connectivity index (χ4n) is 4.44. The van der Waals surface area contributed by atoms with Crippen molar-refractivity contribution in [3.8, 4) is 5.75 Å². The molecule has 2 saturated heterocycles. The number of benzene rings is 1. The lowest BCUT2D eigenvalue weighted by Crippen LogP contribution is -2.45. The normalized spacial score (nSPS) is 20.5. The SMILES string of the molecule is CCNC(=NCC1CCN(c2cccc(OC)c2)C1)NC1CCN(c2ncccc2F)C1.I. The van der Waals surface area contributed by atoms with Crippen molar-refractivity contribution in [3.05, 3.63) is 48.4 Å². The summed E-state index contributed by atoms with van der Waals surface area (Å²) < 4.78 is 19.4. The van der Waals surface area contributed by atoms with Crippen molar-refractivity contribution in [2.75, 3.05) is 56.2 Å². The summed E-state index contributed by atoms with van der Waals surface area (Å²) in [6, 6.07) is 11.5. The van der Waals surface area contributed by atoms with E-state index >= 15 is 0 Å². The summed E-state index contributed by atoms with van der Waals surface area (Å²) in [5, 5.41) is 6.89. The second kappa shape index (κ2) is 12.2. The summed E-state index contributed by atoms with van der Waals surface area (Å²) >= 11 is 0. The molecule has 9 heteroatoms. The largest absolute Gasteiger partial charge is 0.497 e. The molecular weight excluding hydrogens is 534 g/mol. The summed E-state index contributed by atoms with van der Waals surface area (Å²) in [6.45, 7) is 7.17. The Morgan fingerprint density at radius 1 is 1.18 bits per heavy atom. The second-order valence-corrected chi connectivity index (χ2v) is 8.41. The molecule has 1 aromatic carbocycles. The smallest absolute Gasteiger partial charge is 0.191 e. The topological polar surface area (TPSA) is 65.0 Å². The van der Waals surface area contributed by atoms with Crippen LogP contribution in [0.4, 0.5) is 15.9 Å². The van der Waals surface area contributed by atoms with Crippen LogP contribution in [0.5, 0.6) is 5.75 Å². The van der Waals surface area contributed by atoms with E-state index < -0.39 is 0 Å². The summed E-state index contributed by atoms with van der Waals surface area (Å²) in [5.41, 5.74) is 1.20. The van der Waals surface area contributed by atoms with E-state index in [0.29, 0.717) is 18.3 Å². The van der Waals surface area contributed by atoms with Gasteiger partial charge < -0.3 is 25.2 Å². The van der Waals surface area contributed by atoms with Crippen LogP contribution in [0.1, 0.15) is 19.8 Å². The van der Waals surface area contributed by atoms with Crippen LogP contribution < -0.4 is 25.2 Å². The van der Waals surface area contributed by atoms with Gasteiger partial charge in [0, 0.05) is 63.3 Å².